The Morgan fingerprint density at radius 2 is 1.97 bits per heavy atom. The molecule has 3 amide bonds. The minimum absolute atomic E-state index is 0.0462. The number of hydrogen-bond donors (Lipinski definition) is 1. The predicted octanol–water partition coefficient (Wildman–Crippen LogP) is 1.08. The monoisotopic (exact) mass is 419 g/mol. The number of nitrogens with one attached hydrogen (secondary N) is 1. The van der Waals surface area contributed by atoms with Crippen molar-refractivity contribution in [2.75, 3.05) is 18.0 Å². The molecule has 3 rings (SSSR count). The number of ether oxygens (including phenoxy) is 1. The van der Waals surface area contributed by atoms with Gasteiger partial charge in [-0.05, 0) is 34.6 Å². The number of aromatic nitrogens is 2. The molecule has 10 nitrogen and oxygen atoms in total. The first-order valence-electron chi connectivity index (χ1n) is 10.1. The normalized spacial score (nSPS) is 21.4. The molecule has 0 spiro atoms. The highest BCUT2D eigenvalue weighted by Crippen LogP contribution is 2.32. The summed E-state index contributed by atoms with van der Waals surface area (Å²) in [7, 11) is 0. The van der Waals surface area contributed by atoms with E-state index in [2.05, 4.69) is 10.4 Å². The summed E-state index contributed by atoms with van der Waals surface area (Å²) in [5.41, 5.74) is 0.724. The number of rotatable bonds is 4. The van der Waals surface area contributed by atoms with Gasteiger partial charge in [0.05, 0.1) is 49.2 Å². The van der Waals surface area contributed by atoms with E-state index in [1.165, 1.54) is 6.92 Å². The zero-order valence-electron chi connectivity index (χ0n) is 18.1. The van der Waals surface area contributed by atoms with Gasteiger partial charge in [-0.2, -0.15) is 5.10 Å². The maximum absolute atomic E-state index is 12.6. The molecule has 2 aliphatic heterocycles. The van der Waals surface area contributed by atoms with E-state index in [-0.39, 0.29) is 49.7 Å². The van der Waals surface area contributed by atoms with Gasteiger partial charge in [0.15, 0.2) is 0 Å². The summed E-state index contributed by atoms with van der Waals surface area (Å²) in [5.74, 6) is -1.18. The molecule has 1 fully saturated rings. The summed E-state index contributed by atoms with van der Waals surface area (Å²) >= 11 is 0. The number of hydrogen-bond acceptors (Lipinski definition) is 6. The maximum atomic E-state index is 12.6. The second-order valence-corrected chi connectivity index (χ2v) is 8.94. The molecule has 1 unspecified atom stereocenters. The van der Waals surface area contributed by atoms with E-state index >= 15 is 0 Å². The number of nitrogens with zero attached hydrogens (tertiary/aromatic N) is 4. The average molecular weight is 419 g/mol. The van der Waals surface area contributed by atoms with Gasteiger partial charge in [-0.1, -0.05) is 0 Å². The van der Waals surface area contributed by atoms with Crippen molar-refractivity contribution < 1.29 is 23.9 Å². The summed E-state index contributed by atoms with van der Waals surface area (Å²) in [6.45, 7) is 9.67. The maximum Gasteiger partial charge on any atom is 0.410 e. The summed E-state index contributed by atoms with van der Waals surface area (Å²) in [6.07, 6.45) is 1.26. The summed E-state index contributed by atoms with van der Waals surface area (Å²) in [6, 6.07) is -0.112. The highest BCUT2D eigenvalue weighted by molar-refractivity contribution is 6.01. The lowest BCUT2D eigenvalue weighted by molar-refractivity contribution is -0.128. The topological polar surface area (TPSA) is 114 Å². The van der Waals surface area contributed by atoms with E-state index in [9.17, 15) is 19.2 Å². The van der Waals surface area contributed by atoms with Crippen LogP contribution in [-0.2, 0) is 32.2 Å². The van der Waals surface area contributed by atoms with Crippen molar-refractivity contribution in [3.05, 3.63) is 11.9 Å². The highest BCUT2D eigenvalue weighted by Gasteiger charge is 2.39. The molecule has 1 aromatic rings. The Morgan fingerprint density at radius 3 is 2.60 bits per heavy atom. The standard InChI is InChI=1S/C20H29N5O5/c1-12-9-25-16(11-23(12)19(29)30-20(3,4)5)15(8-22-25)24-10-14(6-17(24)27)18(28)21-7-13(2)26/h8,12,14H,6-7,9-11H2,1-5H3,(H,21,28)/t12-,14?/m0/s1. The van der Waals surface area contributed by atoms with Crippen LogP contribution in [0, 0.1) is 5.92 Å². The number of ketones is 1. The lowest BCUT2D eigenvalue weighted by Gasteiger charge is -2.36. The van der Waals surface area contributed by atoms with E-state index in [4.69, 9.17) is 4.74 Å². The fraction of sp³-hybridized carbons (Fsp3) is 0.650. The van der Waals surface area contributed by atoms with Crippen molar-refractivity contribution >= 4 is 29.4 Å². The zero-order chi connectivity index (χ0) is 22.2. The molecule has 164 valence electrons. The van der Waals surface area contributed by atoms with E-state index < -0.39 is 17.6 Å². The molecule has 30 heavy (non-hydrogen) atoms. The van der Waals surface area contributed by atoms with Crippen LogP contribution in [-0.4, -0.2) is 63.1 Å². The summed E-state index contributed by atoms with van der Waals surface area (Å²) < 4.78 is 7.31. The molecule has 0 aliphatic carbocycles. The molecule has 0 radical (unpaired) electrons. The third kappa shape index (κ3) is 4.63. The molecular weight excluding hydrogens is 390 g/mol. The molecule has 10 heteroatoms. The summed E-state index contributed by atoms with van der Waals surface area (Å²) in [5, 5.41) is 6.95. The first-order valence-corrected chi connectivity index (χ1v) is 10.1. The van der Waals surface area contributed by atoms with Crippen LogP contribution >= 0.6 is 0 Å². The van der Waals surface area contributed by atoms with Gasteiger partial charge in [-0.15, -0.1) is 0 Å². The molecule has 1 N–H and O–H groups in total. The van der Waals surface area contributed by atoms with Gasteiger partial charge in [-0.25, -0.2) is 4.79 Å². The first-order chi connectivity index (χ1) is 14.0. The largest absolute Gasteiger partial charge is 0.444 e. The van der Waals surface area contributed by atoms with Gasteiger partial charge in [0.25, 0.3) is 0 Å². The van der Waals surface area contributed by atoms with Crippen molar-refractivity contribution in [3.63, 3.8) is 0 Å². The van der Waals surface area contributed by atoms with Crippen molar-refractivity contribution in [3.8, 4) is 0 Å². The van der Waals surface area contributed by atoms with E-state index in [0.29, 0.717) is 12.2 Å². The molecule has 3 heterocycles. The van der Waals surface area contributed by atoms with Crippen molar-refractivity contribution in [2.24, 2.45) is 5.92 Å². The molecule has 1 aromatic heterocycles. The Labute approximate surface area is 175 Å². The van der Waals surface area contributed by atoms with E-state index in [0.717, 1.165) is 5.69 Å². The Balaban J connectivity index is 1.76. The van der Waals surface area contributed by atoms with Crippen LogP contribution in [0.3, 0.4) is 0 Å². The van der Waals surface area contributed by atoms with Crippen LogP contribution in [0.4, 0.5) is 10.5 Å². The van der Waals surface area contributed by atoms with Crippen LogP contribution in [0.25, 0.3) is 0 Å². The Hall–Kier alpha value is -2.91. The van der Waals surface area contributed by atoms with Crippen LogP contribution < -0.4 is 10.2 Å². The van der Waals surface area contributed by atoms with Crippen LogP contribution in [0.1, 0.15) is 46.7 Å². The first kappa shape index (κ1) is 21.8. The Morgan fingerprint density at radius 1 is 1.27 bits per heavy atom. The lowest BCUT2D eigenvalue weighted by atomic mass is 10.1. The third-order valence-corrected chi connectivity index (χ3v) is 5.14. The van der Waals surface area contributed by atoms with Gasteiger partial charge in [0, 0.05) is 13.0 Å². The number of Topliss-reactive ketones (excluding diaryl/α,β-unsaturated/α-hetero) is 1. The van der Waals surface area contributed by atoms with Gasteiger partial charge in [-0.3, -0.25) is 24.0 Å². The molecule has 0 aromatic carbocycles. The second-order valence-electron chi connectivity index (χ2n) is 8.94. The number of amides is 3. The second kappa shape index (κ2) is 8.08. The quantitative estimate of drug-likeness (QED) is 0.781. The number of carbonyl (C=O) groups is 4. The van der Waals surface area contributed by atoms with E-state index in [1.54, 1.807) is 20.7 Å². The smallest absolute Gasteiger partial charge is 0.410 e. The lowest BCUT2D eigenvalue weighted by Crippen LogP contribution is -2.47. The molecule has 2 aliphatic rings. The Kier molecular flexibility index (Phi) is 5.87. The van der Waals surface area contributed by atoms with Gasteiger partial charge in [0.2, 0.25) is 11.8 Å². The number of fused-ring (bicyclic) bond motifs is 1. The Bertz CT molecular complexity index is 871. The molecule has 0 saturated carbocycles. The van der Waals surface area contributed by atoms with Crippen molar-refractivity contribution in [1.29, 1.82) is 0 Å². The van der Waals surface area contributed by atoms with E-state index in [1.807, 2.05) is 27.7 Å². The van der Waals surface area contributed by atoms with Crippen LogP contribution in [0.15, 0.2) is 6.20 Å². The fourth-order valence-electron chi connectivity index (χ4n) is 3.65. The number of anilines is 1. The van der Waals surface area contributed by atoms with Gasteiger partial charge in [0.1, 0.15) is 11.4 Å². The molecule has 2 atom stereocenters. The van der Waals surface area contributed by atoms with Crippen LogP contribution in [0.5, 0.6) is 0 Å². The fourth-order valence-corrected chi connectivity index (χ4v) is 3.65. The zero-order valence-corrected chi connectivity index (χ0v) is 18.1. The third-order valence-electron chi connectivity index (χ3n) is 5.14. The molecule has 0 bridgehead atoms. The summed E-state index contributed by atoms with van der Waals surface area (Å²) in [4.78, 5) is 51.8. The molecular formula is C20H29N5O5. The van der Waals surface area contributed by atoms with Crippen LogP contribution in [0.2, 0.25) is 0 Å². The SMILES string of the molecule is CC(=O)CNC(=O)C1CC(=O)N(c2cnn3c2CN(C(=O)OC(C)(C)C)[C@@H](C)C3)C1. The average Bonchev–Trinajstić information content (AvgIpc) is 3.20. The van der Waals surface area contributed by atoms with Crippen molar-refractivity contribution in [1.82, 2.24) is 20.0 Å². The highest BCUT2D eigenvalue weighted by atomic mass is 16.6. The molecule has 1 saturated heterocycles. The minimum atomic E-state index is -0.608. The van der Waals surface area contributed by atoms with Gasteiger partial charge >= 0.3 is 6.09 Å². The van der Waals surface area contributed by atoms with Crippen molar-refractivity contribution in [2.45, 2.75) is 65.8 Å². The van der Waals surface area contributed by atoms with Gasteiger partial charge < -0.3 is 15.0 Å². The number of carbonyl (C=O) groups excluding carboxylic acids is 4. The predicted molar refractivity (Wildman–Crippen MR) is 108 cm³/mol. The minimum Gasteiger partial charge on any atom is -0.444 e.